The standard InChI is InChI=1S/C25H35N9O2/c1-17(2)15-34-21-12-19(26-13-18(21)23(30-34)32-8-10-36-11-9-32)22-20(14-27-29-22)28-24(35)33-7-6-31(3)16-25(33)4-5-25/h12-14,17H,4-11,15-16H2,1-3H3,(H,27,29)(H,28,35). The topological polar surface area (TPSA) is 107 Å². The first-order valence-electron chi connectivity index (χ1n) is 12.9. The Balaban J connectivity index is 1.30. The summed E-state index contributed by atoms with van der Waals surface area (Å²) in [5.74, 6) is 1.40. The van der Waals surface area contributed by atoms with E-state index in [4.69, 9.17) is 14.8 Å². The summed E-state index contributed by atoms with van der Waals surface area (Å²) in [6.45, 7) is 10.8. The Morgan fingerprint density at radius 3 is 2.75 bits per heavy atom. The maximum absolute atomic E-state index is 13.3. The van der Waals surface area contributed by atoms with Crippen LogP contribution < -0.4 is 10.2 Å². The number of anilines is 2. The second-order valence-electron chi connectivity index (χ2n) is 10.8. The Hall–Kier alpha value is -3.18. The number of aromatic amines is 1. The molecule has 6 rings (SSSR count). The molecule has 11 nitrogen and oxygen atoms in total. The quantitative estimate of drug-likeness (QED) is 0.563. The van der Waals surface area contributed by atoms with Gasteiger partial charge in [-0.1, -0.05) is 13.8 Å². The molecule has 0 radical (unpaired) electrons. The maximum Gasteiger partial charge on any atom is 0.322 e. The number of hydrogen-bond acceptors (Lipinski definition) is 7. The number of pyridine rings is 1. The van der Waals surface area contributed by atoms with E-state index in [0.29, 0.717) is 30.5 Å². The van der Waals surface area contributed by atoms with Crippen LogP contribution in [-0.2, 0) is 11.3 Å². The molecule has 0 aromatic carbocycles. The van der Waals surface area contributed by atoms with E-state index in [1.807, 2.05) is 11.1 Å². The van der Waals surface area contributed by atoms with Gasteiger partial charge in [0, 0.05) is 45.5 Å². The second-order valence-corrected chi connectivity index (χ2v) is 10.8. The first-order valence-corrected chi connectivity index (χ1v) is 12.9. The third kappa shape index (κ3) is 4.20. The smallest absolute Gasteiger partial charge is 0.322 e. The SMILES string of the molecule is CC(C)Cn1nc(N2CCOCC2)c2cnc(-c3[nH]ncc3NC(=O)N3CCN(C)CC34CC4)cc21. The summed E-state index contributed by atoms with van der Waals surface area (Å²) >= 11 is 0. The summed E-state index contributed by atoms with van der Waals surface area (Å²) in [7, 11) is 2.12. The number of rotatable bonds is 5. The normalized spacial score (nSPS) is 20.0. The van der Waals surface area contributed by atoms with Gasteiger partial charge in [0.1, 0.15) is 5.69 Å². The zero-order valence-corrected chi connectivity index (χ0v) is 21.3. The third-order valence-electron chi connectivity index (χ3n) is 7.52. The van der Waals surface area contributed by atoms with E-state index in [-0.39, 0.29) is 11.6 Å². The summed E-state index contributed by atoms with van der Waals surface area (Å²) in [4.78, 5) is 24.6. The van der Waals surface area contributed by atoms with Crippen molar-refractivity contribution in [1.29, 1.82) is 0 Å². The predicted molar refractivity (Wildman–Crippen MR) is 138 cm³/mol. The van der Waals surface area contributed by atoms with Crippen molar-refractivity contribution in [3.8, 4) is 11.4 Å². The van der Waals surface area contributed by atoms with Crippen LogP contribution in [0.4, 0.5) is 16.3 Å². The zero-order chi connectivity index (χ0) is 24.9. The molecule has 36 heavy (non-hydrogen) atoms. The van der Waals surface area contributed by atoms with Crippen molar-refractivity contribution < 1.29 is 9.53 Å². The van der Waals surface area contributed by atoms with Gasteiger partial charge in [0.05, 0.1) is 47.2 Å². The van der Waals surface area contributed by atoms with Crippen LogP contribution in [0.15, 0.2) is 18.5 Å². The van der Waals surface area contributed by atoms with E-state index in [2.05, 4.69) is 57.0 Å². The number of fused-ring (bicyclic) bond motifs is 1. The summed E-state index contributed by atoms with van der Waals surface area (Å²) in [6.07, 6.45) is 5.68. The van der Waals surface area contributed by atoms with E-state index in [1.165, 1.54) is 0 Å². The van der Waals surface area contributed by atoms with Crippen LogP contribution in [0.2, 0.25) is 0 Å². The second kappa shape index (κ2) is 9.04. The summed E-state index contributed by atoms with van der Waals surface area (Å²) in [5, 5.41) is 16.4. The molecule has 3 aromatic rings. The van der Waals surface area contributed by atoms with Gasteiger partial charge in [-0.05, 0) is 31.9 Å². The zero-order valence-electron chi connectivity index (χ0n) is 21.3. The molecule has 3 fully saturated rings. The molecule has 2 amide bonds. The van der Waals surface area contributed by atoms with Crippen LogP contribution in [0, 0.1) is 5.92 Å². The van der Waals surface area contributed by atoms with Crippen LogP contribution in [-0.4, -0.2) is 99.3 Å². The van der Waals surface area contributed by atoms with Crippen LogP contribution in [0.1, 0.15) is 26.7 Å². The number of carbonyl (C=O) groups excluding carboxylic acids is 1. The fourth-order valence-corrected chi connectivity index (χ4v) is 5.51. The minimum atomic E-state index is -0.0659. The highest BCUT2D eigenvalue weighted by Gasteiger charge is 2.52. The first-order chi connectivity index (χ1) is 17.4. The summed E-state index contributed by atoms with van der Waals surface area (Å²) < 4.78 is 7.62. The lowest BCUT2D eigenvalue weighted by atomic mass is 10.1. The van der Waals surface area contributed by atoms with E-state index in [9.17, 15) is 4.79 Å². The van der Waals surface area contributed by atoms with Crippen LogP contribution in [0.3, 0.4) is 0 Å². The lowest BCUT2D eigenvalue weighted by molar-refractivity contribution is 0.103. The van der Waals surface area contributed by atoms with Crippen LogP contribution >= 0.6 is 0 Å². The summed E-state index contributed by atoms with van der Waals surface area (Å²) in [6, 6.07) is 1.99. The lowest BCUT2D eigenvalue weighted by Crippen LogP contribution is -2.57. The number of urea groups is 1. The number of nitrogens with one attached hydrogen (secondary N) is 2. The molecule has 1 saturated carbocycles. The molecule has 0 atom stereocenters. The van der Waals surface area contributed by atoms with E-state index >= 15 is 0 Å². The van der Waals surface area contributed by atoms with E-state index in [1.54, 1.807) is 6.20 Å². The van der Waals surface area contributed by atoms with Gasteiger partial charge in [-0.3, -0.25) is 14.8 Å². The molecular weight excluding hydrogens is 458 g/mol. The Morgan fingerprint density at radius 2 is 2.00 bits per heavy atom. The van der Waals surface area contributed by atoms with Gasteiger partial charge in [0.25, 0.3) is 0 Å². The first kappa shape index (κ1) is 23.2. The van der Waals surface area contributed by atoms with Crippen molar-refractivity contribution in [3.63, 3.8) is 0 Å². The highest BCUT2D eigenvalue weighted by Crippen LogP contribution is 2.44. The van der Waals surface area contributed by atoms with Gasteiger partial charge in [-0.2, -0.15) is 10.2 Å². The number of likely N-dealkylation sites (N-methyl/N-ethyl adjacent to an activating group) is 1. The molecule has 5 heterocycles. The van der Waals surface area contributed by atoms with Gasteiger partial charge in [0.2, 0.25) is 0 Å². The van der Waals surface area contributed by atoms with Gasteiger partial charge < -0.3 is 24.8 Å². The summed E-state index contributed by atoms with van der Waals surface area (Å²) in [5.41, 5.74) is 3.09. The Kier molecular flexibility index (Phi) is 5.83. The van der Waals surface area contributed by atoms with Gasteiger partial charge in [-0.25, -0.2) is 4.79 Å². The van der Waals surface area contributed by atoms with Gasteiger partial charge in [0.15, 0.2) is 5.82 Å². The van der Waals surface area contributed by atoms with Crippen molar-refractivity contribution in [1.82, 2.24) is 34.8 Å². The number of piperazine rings is 1. The molecule has 11 heteroatoms. The number of carbonyl (C=O) groups is 1. The average molecular weight is 494 g/mol. The largest absolute Gasteiger partial charge is 0.378 e. The van der Waals surface area contributed by atoms with Crippen molar-refractivity contribution in [3.05, 3.63) is 18.5 Å². The number of hydrogen-bond donors (Lipinski definition) is 2. The van der Waals surface area contributed by atoms with Gasteiger partial charge in [-0.15, -0.1) is 0 Å². The van der Waals surface area contributed by atoms with Crippen LogP contribution in [0.25, 0.3) is 22.3 Å². The van der Waals surface area contributed by atoms with Crippen LogP contribution in [0.5, 0.6) is 0 Å². The molecule has 1 spiro atoms. The molecule has 2 saturated heterocycles. The highest BCUT2D eigenvalue weighted by atomic mass is 16.5. The van der Waals surface area contributed by atoms with Crippen molar-refractivity contribution >= 4 is 28.4 Å². The van der Waals surface area contributed by atoms with Crippen molar-refractivity contribution in [2.24, 2.45) is 5.92 Å². The minimum absolute atomic E-state index is 0.0165. The Labute approximate surface area is 210 Å². The molecule has 2 N–H and O–H groups in total. The maximum atomic E-state index is 13.3. The number of morpholine rings is 1. The number of aromatic nitrogens is 5. The van der Waals surface area contributed by atoms with Gasteiger partial charge >= 0.3 is 6.03 Å². The Bertz CT molecular complexity index is 1260. The third-order valence-corrected chi connectivity index (χ3v) is 7.52. The molecule has 2 aliphatic heterocycles. The molecule has 0 unspecified atom stereocenters. The molecule has 192 valence electrons. The van der Waals surface area contributed by atoms with E-state index in [0.717, 1.165) is 74.5 Å². The number of ether oxygens (including phenoxy) is 1. The molecular formula is C25H35N9O2. The number of amides is 2. The fraction of sp³-hybridized carbons (Fsp3) is 0.600. The highest BCUT2D eigenvalue weighted by molar-refractivity contribution is 5.96. The monoisotopic (exact) mass is 493 g/mol. The predicted octanol–water partition coefficient (Wildman–Crippen LogP) is 2.63. The lowest BCUT2D eigenvalue weighted by Gasteiger charge is -2.40. The van der Waals surface area contributed by atoms with E-state index < -0.39 is 0 Å². The van der Waals surface area contributed by atoms with Crippen molar-refractivity contribution in [2.75, 3.05) is 63.2 Å². The number of nitrogens with zero attached hydrogens (tertiary/aromatic N) is 7. The molecule has 3 aliphatic rings. The molecule has 0 bridgehead atoms. The minimum Gasteiger partial charge on any atom is -0.378 e. The molecule has 1 aliphatic carbocycles. The average Bonchev–Trinajstić information content (AvgIpc) is 3.30. The number of H-pyrrole nitrogens is 1. The molecule has 3 aromatic heterocycles. The van der Waals surface area contributed by atoms with Crippen molar-refractivity contribution in [2.45, 2.75) is 38.8 Å². The Morgan fingerprint density at radius 1 is 1.19 bits per heavy atom. The fourth-order valence-electron chi connectivity index (χ4n) is 5.51.